The number of hydrogen-bond donors (Lipinski definition) is 2. The topological polar surface area (TPSA) is 78.5 Å². The summed E-state index contributed by atoms with van der Waals surface area (Å²) < 4.78 is 0. The highest BCUT2D eigenvalue weighted by molar-refractivity contribution is 6.02. The van der Waals surface area contributed by atoms with Crippen LogP contribution in [0.4, 0.5) is 4.79 Å². The lowest BCUT2D eigenvalue weighted by atomic mass is 10.1. The molecule has 18 heavy (non-hydrogen) atoms. The molecule has 1 fully saturated rings. The number of rotatable bonds is 3. The first-order valence-corrected chi connectivity index (χ1v) is 5.51. The molecule has 0 aromatic heterocycles. The first-order chi connectivity index (χ1) is 8.54. The fourth-order valence-electron chi connectivity index (χ4n) is 1.61. The Balaban J connectivity index is 1.91. The van der Waals surface area contributed by atoms with E-state index in [1.807, 2.05) is 31.2 Å². The molecule has 2 rings (SSSR count). The fraction of sp³-hybridized carbons (Fsp3) is 0.250. The van der Waals surface area contributed by atoms with E-state index in [1.54, 1.807) is 0 Å². The van der Waals surface area contributed by atoms with Crippen molar-refractivity contribution >= 4 is 17.8 Å². The van der Waals surface area contributed by atoms with Crippen molar-refractivity contribution < 1.29 is 14.4 Å². The van der Waals surface area contributed by atoms with Gasteiger partial charge >= 0.3 is 6.03 Å². The minimum atomic E-state index is -0.600. The van der Waals surface area contributed by atoms with Crippen LogP contribution in [0, 0.1) is 6.92 Å². The average molecular weight is 247 g/mol. The van der Waals surface area contributed by atoms with Gasteiger partial charge in [-0.1, -0.05) is 29.8 Å². The summed E-state index contributed by atoms with van der Waals surface area (Å²) in [5.41, 5.74) is 4.35. The van der Waals surface area contributed by atoms with Gasteiger partial charge < -0.3 is 0 Å². The number of nitrogens with one attached hydrogen (secondary N) is 2. The Morgan fingerprint density at radius 1 is 1.33 bits per heavy atom. The number of aryl methyl sites for hydroxylation is 1. The SMILES string of the molecule is Cc1ccc(CC(=O)NN2CC(=O)NC2=O)cc1. The van der Waals surface area contributed by atoms with Crippen LogP contribution in [0.3, 0.4) is 0 Å². The van der Waals surface area contributed by atoms with Crippen LogP contribution < -0.4 is 10.7 Å². The molecule has 4 amide bonds. The molecule has 2 N–H and O–H groups in total. The van der Waals surface area contributed by atoms with E-state index in [1.165, 1.54) is 0 Å². The molecule has 0 unspecified atom stereocenters. The number of amides is 4. The highest BCUT2D eigenvalue weighted by Gasteiger charge is 2.27. The lowest BCUT2D eigenvalue weighted by molar-refractivity contribution is -0.124. The Morgan fingerprint density at radius 3 is 2.56 bits per heavy atom. The zero-order chi connectivity index (χ0) is 13.1. The monoisotopic (exact) mass is 247 g/mol. The molecule has 0 aliphatic carbocycles. The smallest absolute Gasteiger partial charge is 0.275 e. The summed E-state index contributed by atoms with van der Waals surface area (Å²) in [6.45, 7) is 1.82. The first-order valence-electron chi connectivity index (χ1n) is 5.51. The second-order valence-corrected chi connectivity index (χ2v) is 4.14. The van der Waals surface area contributed by atoms with Crippen molar-refractivity contribution in [1.82, 2.24) is 15.8 Å². The summed E-state index contributed by atoms with van der Waals surface area (Å²) in [5.74, 6) is -0.751. The van der Waals surface area contributed by atoms with Crippen LogP contribution in [0.25, 0.3) is 0 Å². The largest absolute Gasteiger partial charge is 0.343 e. The van der Waals surface area contributed by atoms with Crippen LogP contribution in [0.5, 0.6) is 0 Å². The summed E-state index contributed by atoms with van der Waals surface area (Å²) >= 11 is 0. The van der Waals surface area contributed by atoms with Crippen molar-refractivity contribution in [2.75, 3.05) is 6.54 Å². The summed E-state index contributed by atoms with van der Waals surface area (Å²) in [5, 5.41) is 3.05. The van der Waals surface area contributed by atoms with Crippen molar-refractivity contribution in [3.05, 3.63) is 35.4 Å². The molecular formula is C12H13N3O3. The van der Waals surface area contributed by atoms with Gasteiger partial charge in [0.25, 0.3) is 0 Å². The molecule has 0 saturated carbocycles. The Kier molecular flexibility index (Phi) is 3.27. The van der Waals surface area contributed by atoms with Crippen LogP contribution in [0.15, 0.2) is 24.3 Å². The predicted octanol–water partition coefficient (Wildman–Crippen LogP) is 0.121. The van der Waals surface area contributed by atoms with Gasteiger partial charge in [-0.15, -0.1) is 0 Å². The first kappa shape index (κ1) is 12.1. The van der Waals surface area contributed by atoms with E-state index in [0.29, 0.717) is 0 Å². The Hall–Kier alpha value is -2.37. The average Bonchev–Trinajstić information content (AvgIpc) is 2.61. The van der Waals surface area contributed by atoms with E-state index in [0.717, 1.165) is 16.1 Å². The Bertz CT molecular complexity index is 496. The molecule has 94 valence electrons. The van der Waals surface area contributed by atoms with Gasteiger partial charge in [-0.25, -0.2) is 9.80 Å². The quantitative estimate of drug-likeness (QED) is 0.745. The Labute approximate surface area is 104 Å². The number of hydrogen-bond acceptors (Lipinski definition) is 3. The molecule has 0 bridgehead atoms. The summed E-state index contributed by atoms with van der Waals surface area (Å²) in [6, 6.07) is 6.93. The van der Waals surface area contributed by atoms with Crippen LogP contribution in [0.2, 0.25) is 0 Å². The maximum atomic E-state index is 11.7. The number of carbonyl (C=O) groups is 3. The lowest BCUT2D eigenvalue weighted by Crippen LogP contribution is -2.44. The minimum Gasteiger partial charge on any atom is -0.275 e. The maximum absolute atomic E-state index is 11.7. The summed E-state index contributed by atoms with van der Waals surface area (Å²) in [4.78, 5) is 33.8. The zero-order valence-electron chi connectivity index (χ0n) is 9.90. The molecule has 0 spiro atoms. The number of carbonyl (C=O) groups excluding carboxylic acids is 3. The molecule has 0 radical (unpaired) electrons. The fourth-order valence-corrected chi connectivity index (χ4v) is 1.61. The van der Waals surface area contributed by atoms with Crippen LogP contribution in [0.1, 0.15) is 11.1 Å². The number of hydrazine groups is 1. The van der Waals surface area contributed by atoms with E-state index in [4.69, 9.17) is 0 Å². The van der Waals surface area contributed by atoms with Gasteiger partial charge in [0.1, 0.15) is 6.54 Å². The highest BCUT2D eigenvalue weighted by atomic mass is 16.2. The van der Waals surface area contributed by atoms with Gasteiger partial charge in [-0.05, 0) is 12.5 Å². The standard InChI is InChI=1S/C12H13N3O3/c1-8-2-4-9(5-3-8)6-10(16)14-15-7-11(17)13-12(15)18/h2-5H,6-7H2,1H3,(H,14,16)(H,13,17,18). The molecule has 6 nitrogen and oxygen atoms in total. The van der Waals surface area contributed by atoms with Crippen LogP contribution in [-0.4, -0.2) is 29.4 Å². The molecular weight excluding hydrogens is 234 g/mol. The molecule has 1 aliphatic rings. The molecule has 1 aliphatic heterocycles. The maximum Gasteiger partial charge on any atom is 0.343 e. The van der Waals surface area contributed by atoms with Gasteiger partial charge in [0.2, 0.25) is 11.8 Å². The van der Waals surface area contributed by atoms with E-state index in [9.17, 15) is 14.4 Å². The van der Waals surface area contributed by atoms with Crippen molar-refractivity contribution in [1.29, 1.82) is 0 Å². The predicted molar refractivity (Wildman–Crippen MR) is 63.3 cm³/mol. The lowest BCUT2D eigenvalue weighted by Gasteiger charge is -2.14. The summed E-state index contributed by atoms with van der Waals surface area (Å²) in [6.07, 6.45) is 0.165. The van der Waals surface area contributed by atoms with Crippen molar-refractivity contribution in [2.24, 2.45) is 0 Å². The highest BCUT2D eigenvalue weighted by Crippen LogP contribution is 2.04. The summed E-state index contributed by atoms with van der Waals surface area (Å²) in [7, 11) is 0. The third kappa shape index (κ3) is 2.85. The third-order valence-electron chi connectivity index (χ3n) is 2.54. The van der Waals surface area contributed by atoms with E-state index in [-0.39, 0.29) is 18.9 Å². The van der Waals surface area contributed by atoms with Crippen molar-refractivity contribution in [3.63, 3.8) is 0 Å². The normalized spacial score (nSPS) is 14.6. The van der Waals surface area contributed by atoms with Gasteiger partial charge in [-0.3, -0.25) is 20.3 Å². The zero-order valence-corrected chi connectivity index (χ0v) is 9.90. The van der Waals surface area contributed by atoms with Crippen molar-refractivity contribution in [3.8, 4) is 0 Å². The molecule has 1 aromatic rings. The number of urea groups is 1. The third-order valence-corrected chi connectivity index (χ3v) is 2.54. The molecule has 0 atom stereocenters. The molecule has 1 saturated heterocycles. The molecule has 6 heteroatoms. The Morgan fingerprint density at radius 2 is 2.00 bits per heavy atom. The van der Waals surface area contributed by atoms with Gasteiger partial charge in [0.15, 0.2) is 0 Å². The van der Waals surface area contributed by atoms with E-state index in [2.05, 4.69) is 10.7 Å². The van der Waals surface area contributed by atoms with Gasteiger partial charge in [0, 0.05) is 0 Å². The second kappa shape index (κ2) is 4.87. The second-order valence-electron chi connectivity index (χ2n) is 4.14. The number of imide groups is 1. The minimum absolute atomic E-state index is 0.140. The molecule has 1 heterocycles. The number of benzene rings is 1. The van der Waals surface area contributed by atoms with Crippen LogP contribution >= 0.6 is 0 Å². The number of nitrogens with zero attached hydrogens (tertiary/aromatic N) is 1. The molecule has 1 aromatic carbocycles. The van der Waals surface area contributed by atoms with Crippen LogP contribution in [-0.2, 0) is 16.0 Å². The van der Waals surface area contributed by atoms with Crippen molar-refractivity contribution in [2.45, 2.75) is 13.3 Å². The van der Waals surface area contributed by atoms with Gasteiger partial charge in [0.05, 0.1) is 6.42 Å². The van der Waals surface area contributed by atoms with E-state index >= 15 is 0 Å². The van der Waals surface area contributed by atoms with Gasteiger partial charge in [-0.2, -0.15) is 0 Å². The van der Waals surface area contributed by atoms with E-state index < -0.39 is 11.9 Å².